The van der Waals surface area contributed by atoms with Gasteiger partial charge in [0, 0.05) is 31.9 Å². The number of nitrogens with zero attached hydrogens (tertiary/aromatic N) is 3. The Bertz CT molecular complexity index is 499. The Morgan fingerprint density at radius 3 is 3.00 bits per heavy atom. The van der Waals surface area contributed by atoms with Crippen molar-refractivity contribution in [3.8, 4) is 0 Å². The maximum atomic E-state index is 13.3. The zero-order valence-corrected chi connectivity index (χ0v) is 11.8. The lowest BCUT2D eigenvalue weighted by Crippen LogP contribution is -2.46. The highest BCUT2D eigenvalue weighted by atomic mass is 19.3. The molecule has 0 atom stereocenters. The molecule has 0 radical (unpaired) electrons. The van der Waals surface area contributed by atoms with Crippen LogP contribution in [-0.2, 0) is 11.2 Å². The minimum Gasteiger partial charge on any atom is -0.373 e. The Hall–Kier alpha value is -1.83. The Kier molecular flexibility index (Phi) is 5.00. The number of hydrogen-bond donors (Lipinski definition) is 1. The summed E-state index contributed by atoms with van der Waals surface area (Å²) in [7, 11) is 0. The van der Waals surface area contributed by atoms with Crippen LogP contribution in [0.4, 0.5) is 13.6 Å². The van der Waals surface area contributed by atoms with Gasteiger partial charge < -0.3 is 15.0 Å². The largest absolute Gasteiger partial charge is 0.373 e. The number of rotatable bonds is 3. The molecule has 0 spiro atoms. The summed E-state index contributed by atoms with van der Waals surface area (Å²) < 4.78 is 31.5. The highest BCUT2D eigenvalue weighted by molar-refractivity contribution is 5.74. The van der Waals surface area contributed by atoms with E-state index in [0.29, 0.717) is 13.0 Å². The van der Waals surface area contributed by atoms with E-state index in [1.165, 1.54) is 0 Å². The van der Waals surface area contributed by atoms with Crippen LogP contribution in [0.1, 0.15) is 11.4 Å². The van der Waals surface area contributed by atoms with E-state index in [0.717, 1.165) is 16.3 Å². The van der Waals surface area contributed by atoms with Crippen LogP contribution in [0.15, 0.2) is 12.4 Å². The van der Waals surface area contributed by atoms with E-state index in [1.54, 1.807) is 12.4 Å². The van der Waals surface area contributed by atoms with Crippen LogP contribution in [0, 0.1) is 6.92 Å². The molecule has 1 N–H and O–H groups in total. The minimum absolute atomic E-state index is 0.117. The molecule has 2 amide bonds. The fraction of sp³-hybridized carbons (Fsp3) is 0.615. The quantitative estimate of drug-likeness (QED) is 0.904. The molecule has 1 saturated heterocycles. The zero-order chi connectivity index (χ0) is 15.3. The number of halogens is 2. The van der Waals surface area contributed by atoms with Crippen molar-refractivity contribution in [2.75, 3.05) is 32.8 Å². The molecule has 0 aliphatic carbocycles. The molecule has 8 heteroatoms. The van der Waals surface area contributed by atoms with E-state index >= 15 is 0 Å². The molecule has 0 saturated carbocycles. The highest BCUT2D eigenvalue weighted by Crippen LogP contribution is 2.18. The monoisotopic (exact) mass is 300 g/mol. The van der Waals surface area contributed by atoms with Gasteiger partial charge in [-0.3, -0.25) is 9.97 Å². The number of alkyl halides is 2. The summed E-state index contributed by atoms with van der Waals surface area (Å²) >= 11 is 0. The third kappa shape index (κ3) is 4.59. The number of aromatic nitrogens is 2. The summed E-state index contributed by atoms with van der Waals surface area (Å²) in [6.07, 6.45) is 3.68. The average Bonchev–Trinajstić information content (AvgIpc) is 2.61. The van der Waals surface area contributed by atoms with Crippen LogP contribution in [0.25, 0.3) is 0 Å². The number of amides is 2. The maximum absolute atomic E-state index is 13.3. The molecule has 0 unspecified atom stereocenters. The van der Waals surface area contributed by atoms with Crippen molar-refractivity contribution in [2.45, 2.75) is 19.3 Å². The lowest BCUT2D eigenvalue weighted by atomic mass is 10.2. The van der Waals surface area contributed by atoms with Crippen molar-refractivity contribution in [3.05, 3.63) is 23.8 Å². The van der Waals surface area contributed by atoms with Crippen LogP contribution in [0.2, 0.25) is 0 Å². The summed E-state index contributed by atoms with van der Waals surface area (Å²) in [6, 6.07) is -0.512. The number of carbonyl (C=O) groups excluding carboxylic acids is 1. The van der Waals surface area contributed by atoms with Gasteiger partial charge in [-0.05, 0) is 6.92 Å². The molecular formula is C13H18F2N4O2. The molecule has 21 heavy (non-hydrogen) atoms. The predicted molar refractivity (Wildman–Crippen MR) is 71.2 cm³/mol. The SMILES string of the molecule is Cc1nccnc1CCNC(=O)N1CCOCC(F)(F)C1. The lowest BCUT2D eigenvalue weighted by Gasteiger charge is -2.23. The lowest BCUT2D eigenvalue weighted by molar-refractivity contribution is -0.0652. The van der Waals surface area contributed by atoms with Crippen molar-refractivity contribution < 1.29 is 18.3 Å². The Morgan fingerprint density at radius 2 is 2.24 bits per heavy atom. The molecule has 1 aliphatic rings. The van der Waals surface area contributed by atoms with E-state index < -0.39 is 25.1 Å². The van der Waals surface area contributed by atoms with Gasteiger partial charge in [0.05, 0.1) is 24.5 Å². The fourth-order valence-electron chi connectivity index (χ4n) is 2.05. The van der Waals surface area contributed by atoms with Crippen LogP contribution in [0.3, 0.4) is 0 Å². The summed E-state index contributed by atoms with van der Waals surface area (Å²) in [5, 5.41) is 2.62. The van der Waals surface area contributed by atoms with E-state index in [-0.39, 0.29) is 13.2 Å². The summed E-state index contributed by atoms with van der Waals surface area (Å²) in [4.78, 5) is 21.2. The molecule has 1 aromatic rings. The van der Waals surface area contributed by atoms with Gasteiger partial charge in [0.1, 0.15) is 6.61 Å². The van der Waals surface area contributed by atoms with Gasteiger partial charge in [-0.1, -0.05) is 0 Å². The van der Waals surface area contributed by atoms with Gasteiger partial charge in [0.15, 0.2) is 0 Å². The second-order valence-electron chi connectivity index (χ2n) is 4.90. The van der Waals surface area contributed by atoms with Crippen LogP contribution >= 0.6 is 0 Å². The van der Waals surface area contributed by atoms with Crippen molar-refractivity contribution >= 4 is 6.03 Å². The number of hydrogen-bond acceptors (Lipinski definition) is 4. The van der Waals surface area contributed by atoms with Gasteiger partial charge in [0.25, 0.3) is 5.92 Å². The van der Waals surface area contributed by atoms with Crippen LogP contribution in [-0.4, -0.2) is 59.7 Å². The Labute approximate surface area is 121 Å². The molecule has 2 rings (SSSR count). The molecule has 0 bridgehead atoms. The summed E-state index contributed by atoms with van der Waals surface area (Å²) in [6.45, 7) is 1.16. The van der Waals surface area contributed by atoms with E-state index in [2.05, 4.69) is 15.3 Å². The number of carbonyl (C=O) groups is 1. The molecule has 1 fully saturated rings. The molecule has 6 nitrogen and oxygen atoms in total. The second kappa shape index (κ2) is 6.75. The smallest absolute Gasteiger partial charge is 0.317 e. The van der Waals surface area contributed by atoms with Gasteiger partial charge in [0.2, 0.25) is 0 Å². The number of aryl methyl sites for hydroxylation is 1. The van der Waals surface area contributed by atoms with E-state index in [9.17, 15) is 13.6 Å². The third-order valence-corrected chi connectivity index (χ3v) is 3.15. The number of nitrogens with one attached hydrogen (secondary N) is 1. The number of urea groups is 1. The first-order valence-corrected chi connectivity index (χ1v) is 6.73. The first-order valence-electron chi connectivity index (χ1n) is 6.73. The number of ether oxygens (including phenoxy) is 1. The van der Waals surface area contributed by atoms with Gasteiger partial charge >= 0.3 is 6.03 Å². The van der Waals surface area contributed by atoms with Gasteiger partial charge in [-0.2, -0.15) is 0 Å². The molecule has 1 aromatic heterocycles. The molecule has 2 heterocycles. The first kappa shape index (κ1) is 15.6. The normalized spacial score (nSPS) is 18.1. The van der Waals surface area contributed by atoms with Crippen LogP contribution < -0.4 is 5.32 Å². The van der Waals surface area contributed by atoms with E-state index in [1.807, 2.05) is 6.92 Å². The highest BCUT2D eigenvalue weighted by Gasteiger charge is 2.36. The van der Waals surface area contributed by atoms with Gasteiger partial charge in [-0.15, -0.1) is 0 Å². The van der Waals surface area contributed by atoms with Crippen molar-refractivity contribution in [2.24, 2.45) is 0 Å². The first-order chi connectivity index (χ1) is 9.98. The fourth-order valence-corrected chi connectivity index (χ4v) is 2.05. The Balaban J connectivity index is 1.83. The topological polar surface area (TPSA) is 67.4 Å². The van der Waals surface area contributed by atoms with E-state index in [4.69, 9.17) is 4.74 Å². The van der Waals surface area contributed by atoms with Crippen LogP contribution in [0.5, 0.6) is 0 Å². The Morgan fingerprint density at radius 1 is 1.48 bits per heavy atom. The molecule has 0 aromatic carbocycles. The zero-order valence-electron chi connectivity index (χ0n) is 11.8. The molecular weight excluding hydrogens is 282 g/mol. The predicted octanol–water partition coefficient (Wildman–Crippen LogP) is 1.00. The van der Waals surface area contributed by atoms with Gasteiger partial charge in [-0.25, -0.2) is 13.6 Å². The second-order valence-corrected chi connectivity index (χ2v) is 4.90. The third-order valence-electron chi connectivity index (χ3n) is 3.15. The standard InChI is InChI=1S/C13H18F2N4O2/c1-10-11(17-5-4-16-10)2-3-18-12(20)19-6-7-21-9-13(14,15)8-19/h4-5H,2-3,6-9H2,1H3,(H,18,20). The van der Waals surface area contributed by atoms with Crippen molar-refractivity contribution in [1.29, 1.82) is 0 Å². The molecule has 116 valence electrons. The maximum Gasteiger partial charge on any atom is 0.317 e. The van der Waals surface area contributed by atoms with Crippen molar-refractivity contribution in [1.82, 2.24) is 20.2 Å². The minimum atomic E-state index is -3.00. The summed E-state index contributed by atoms with van der Waals surface area (Å²) in [5.41, 5.74) is 1.57. The summed E-state index contributed by atoms with van der Waals surface area (Å²) in [5.74, 6) is -3.00. The molecule has 1 aliphatic heterocycles. The average molecular weight is 300 g/mol. The van der Waals surface area contributed by atoms with Crippen molar-refractivity contribution in [3.63, 3.8) is 0 Å².